The summed E-state index contributed by atoms with van der Waals surface area (Å²) in [4.78, 5) is 10.4. The molecule has 0 aliphatic rings. The standard InChI is InChI=1S/C8H6ClFO2.C2H6/c1-4-2-6(9)5(8(11)12)3-7(4)10;1-2/h2-3H,1H3,(H,11,12);1-2H3. The zero-order chi connectivity index (χ0) is 11.3. The molecule has 0 radical (unpaired) electrons. The van der Waals surface area contributed by atoms with E-state index in [0.717, 1.165) is 6.07 Å². The Labute approximate surface area is 87.3 Å². The van der Waals surface area contributed by atoms with E-state index in [4.69, 9.17) is 16.7 Å². The number of rotatable bonds is 1. The number of benzene rings is 1. The SMILES string of the molecule is CC.Cc1cc(Cl)c(C(=O)O)cc1F. The van der Waals surface area contributed by atoms with Crippen LogP contribution in [0.2, 0.25) is 5.02 Å². The third-order valence-electron chi connectivity index (χ3n) is 1.48. The molecule has 1 aromatic carbocycles. The highest BCUT2D eigenvalue weighted by atomic mass is 35.5. The molecule has 0 atom stereocenters. The normalized spacial score (nSPS) is 8.93. The summed E-state index contributed by atoms with van der Waals surface area (Å²) < 4.78 is 12.8. The largest absolute Gasteiger partial charge is 0.478 e. The van der Waals surface area contributed by atoms with Crippen LogP contribution in [-0.4, -0.2) is 11.1 Å². The van der Waals surface area contributed by atoms with E-state index in [1.165, 1.54) is 13.0 Å². The summed E-state index contributed by atoms with van der Waals surface area (Å²) in [5.41, 5.74) is 0.129. The van der Waals surface area contributed by atoms with Gasteiger partial charge < -0.3 is 5.11 Å². The number of halogens is 2. The molecule has 1 N–H and O–H groups in total. The fourth-order valence-electron chi connectivity index (χ4n) is 0.810. The number of carbonyl (C=O) groups is 1. The number of aromatic carboxylic acids is 1. The highest BCUT2D eigenvalue weighted by Gasteiger charge is 2.11. The van der Waals surface area contributed by atoms with Gasteiger partial charge in [0, 0.05) is 0 Å². The molecule has 1 aromatic rings. The Morgan fingerprint density at radius 1 is 1.43 bits per heavy atom. The molecule has 0 aromatic heterocycles. The summed E-state index contributed by atoms with van der Waals surface area (Å²) in [6.45, 7) is 5.52. The Kier molecular flexibility index (Phi) is 5.16. The lowest BCUT2D eigenvalue weighted by Crippen LogP contribution is -1.99. The van der Waals surface area contributed by atoms with Gasteiger partial charge in [-0.2, -0.15) is 0 Å². The number of hydrogen-bond donors (Lipinski definition) is 1. The minimum absolute atomic E-state index is 0.0569. The van der Waals surface area contributed by atoms with Gasteiger partial charge in [-0.15, -0.1) is 0 Å². The predicted molar refractivity (Wildman–Crippen MR) is 54.5 cm³/mol. The van der Waals surface area contributed by atoms with Gasteiger partial charge in [0.05, 0.1) is 10.6 Å². The van der Waals surface area contributed by atoms with Crippen LogP contribution in [0.3, 0.4) is 0 Å². The maximum atomic E-state index is 12.8. The van der Waals surface area contributed by atoms with Crippen LogP contribution in [0, 0.1) is 12.7 Å². The number of carboxylic acid groups (broad SMARTS) is 1. The van der Waals surface area contributed by atoms with Gasteiger partial charge in [0.2, 0.25) is 0 Å². The quantitative estimate of drug-likeness (QED) is 0.783. The van der Waals surface area contributed by atoms with Crippen molar-refractivity contribution in [3.63, 3.8) is 0 Å². The first-order chi connectivity index (χ1) is 6.52. The molecule has 0 unspecified atom stereocenters. The van der Waals surface area contributed by atoms with Crippen molar-refractivity contribution in [2.75, 3.05) is 0 Å². The van der Waals surface area contributed by atoms with E-state index in [1.54, 1.807) is 0 Å². The Morgan fingerprint density at radius 3 is 2.36 bits per heavy atom. The predicted octanol–water partition coefficient (Wildman–Crippen LogP) is 3.51. The van der Waals surface area contributed by atoms with E-state index >= 15 is 0 Å². The van der Waals surface area contributed by atoms with Crippen LogP contribution >= 0.6 is 11.6 Å². The van der Waals surface area contributed by atoms with Crippen molar-refractivity contribution < 1.29 is 14.3 Å². The Bertz CT molecular complexity index is 337. The van der Waals surface area contributed by atoms with Crippen LogP contribution in [0.15, 0.2) is 12.1 Å². The minimum Gasteiger partial charge on any atom is -0.478 e. The second-order valence-electron chi connectivity index (χ2n) is 2.39. The smallest absolute Gasteiger partial charge is 0.337 e. The Hall–Kier alpha value is -1.09. The monoisotopic (exact) mass is 218 g/mol. The second-order valence-corrected chi connectivity index (χ2v) is 2.79. The molecular formula is C10H12ClFO2. The highest BCUT2D eigenvalue weighted by molar-refractivity contribution is 6.33. The lowest BCUT2D eigenvalue weighted by molar-refractivity contribution is 0.0696. The van der Waals surface area contributed by atoms with E-state index in [9.17, 15) is 9.18 Å². The molecule has 0 aliphatic heterocycles. The summed E-state index contributed by atoms with van der Waals surface area (Å²) in [5, 5.41) is 8.59. The van der Waals surface area contributed by atoms with Crippen LogP contribution < -0.4 is 0 Å². The van der Waals surface area contributed by atoms with Crippen LogP contribution in [0.25, 0.3) is 0 Å². The molecule has 0 aliphatic carbocycles. The molecule has 14 heavy (non-hydrogen) atoms. The number of carboxylic acids is 1. The molecule has 0 saturated heterocycles. The zero-order valence-electron chi connectivity index (χ0n) is 8.27. The highest BCUT2D eigenvalue weighted by Crippen LogP contribution is 2.19. The molecule has 0 fully saturated rings. The van der Waals surface area contributed by atoms with E-state index in [-0.39, 0.29) is 10.6 Å². The van der Waals surface area contributed by atoms with Crippen molar-refractivity contribution in [2.24, 2.45) is 0 Å². The summed E-state index contributed by atoms with van der Waals surface area (Å²) in [5.74, 6) is -1.78. The van der Waals surface area contributed by atoms with Gasteiger partial charge in [-0.1, -0.05) is 25.4 Å². The second kappa shape index (κ2) is 5.60. The molecule has 0 amide bonds. The average Bonchev–Trinajstić information content (AvgIpc) is 2.14. The van der Waals surface area contributed by atoms with Crippen molar-refractivity contribution in [3.8, 4) is 0 Å². The van der Waals surface area contributed by atoms with Crippen molar-refractivity contribution >= 4 is 17.6 Å². The van der Waals surface area contributed by atoms with Gasteiger partial charge in [0.25, 0.3) is 0 Å². The van der Waals surface area contributed by atoms with E-state index in [1.807, 2.05) is 13.8 Å². The summed E-state index contributed by atoms with van der Waals surface area (Å²) in [7, 11) is 0. The summed E-state index contributed by atoms with van der Waals surface area (Å²) in [6, 6.07) is 2.21. The van der Waals surface area contributed by atoms with Gasteiger partial charge in [-0.3, -0.25) is 0 Å². The van der Waals surface area contributed by atoms with E-state index in [0.29, 0.717) is 5.56 Å². The van der Waals surface area contributed by atoms with Crippen molar-refractivity contribution in [1.82, 2.24) is 0 Å². The third-order valence-corrected chi connectivity index (χ3v) is 1.79. The van der Waals surface area contributed by atoms with Gasteiger partial charge in [-0.25, -0.2) is 9.18 Å². The maximum Gasteiger partial charge on any atom is 0.337 e. The van der Waals surface area contributed by atoms with E-state index < -0.39 is 11.8 Å². The first-order valence-corrected chi connectivity index (χ1v) is 4.59. The van der Waals surface area contributed by atoms with Crippen molar-refractivity contribution in [1.29, 1.82) is 0 Å². The lowest BCUT2D eigenvalue weighted by Gasteiger charge is -2.00. The van der Waals surface area contributed by atoms with Gasteiger partial charge in [0.15, 0.2) is 0 Å². The molecule has 0 heterocycles. The van der Waals surface area contributed by atoms with Gasteiger partial charge in [0.1, 0.15) is 5.82 Å². The van der Waals surface area contributed by atoms with Crippen molar-refractivity contribution in [2.45, 2.75) is 20.8 Å². The van der Waals surface area contributed by atoms with Crippen molar-refractivity contribution in [3.05, 3.63) is 34.1 Å². The Morgan fingerprint density at radius 2 is 1.93 bits per heavy atom. The fraction of sp³-hybridized carbons (Fsp3) is 0.300. The molecule has 0 saturated carbocycles. The number of aryl methyl sites for hydroxylation is 1. The van der Waals surface area contributed by atoms with Crippen LogP contribution in [0.1, 0.15) is 29.8 Å². The molecule has 78 valence electrons. The molecule has 2 nitrogen and oxygen atoms in total. The molecule has 1 rings (SSSR count). The minimum atomic E-state index is -1.22. The van der Waals surface area contributed by atoms with Crippen LogP contribution in [0.4, 0.5) is 4.39 Å². The first-order valence-electron chi connectivity index (χ1n) is 4.21. The molecule has 4 heteroatoms. The zero-order valence-corrected chi connectivity index (χ0v) is 9.02. The Balaban J connectivity index is 0.000000791. The first kappa shape index (κ1) is 12.9. The molecular weight excluding hydrogens is 207 g/mol. The van der Waals surface area contributed by atoms with Crippen LogP contribution in [-0.2, 0) is 0 Å². The average molecular weight is 219 g/mol. The fourth-order valence-corrected chi connectivity index (χ4v) is 1.11. The summed E-state index contributed by atoms with van der Waals surface area (Å²) in [6.07, 6.45) is 0. The topological polar surface area (TPSA) is 37.3 Å². The van der Waals surface area contributed by atoms with E-state index in [2.05, 4.69) is 0 Å². The molecule has 0 spiro atoms. The summed E-state index contributed by atoms with van der Waals surface area (Å²) >= 11 is 5.55. The van der Waals surface area contributed by atoms with Gasteiger partial charge >= 0.3 is 5.97 Å². The van der Waals surface area contributed by atoms with Crippen LogP contribution in [0.5, 0.6) is 0 Å². The van der Waals surface area contributed by atoms with Gasteiger partial charge in [-0.05, 0) is 24.6 Å². The maximum absolute atomic E-state index is 12.8. The molecule has 0 bridgehead atoms. The lowest BCUT2D eigenvalue weighted by atomic mass is 10.1. The number of hydrogen-bond acceptors (Lipinski definition) is 1. The third kappa shape index (κ3) is 3.00.